The SMILES string of the molecule is Cn1cc2cc(-n3nc(N)c(NCC4CC4)c(Cl)c3=O)ccc2n1. The Hall–Kier alpha value is -2.54. The Kier molecular flexibility index (Phi) is 3.45. The quantitative estimate of drug-likeness (QED) is 0.757. The van der Waals surface area contributed by atoms with Gasteiger partial charge in [-0.3, -0.25) is 9.48 Å². The maximum atomic E-state index is 12.6. The van der Waals surface area contributed by atoms with Gasteiger partial charge in [0, 0.05) is 25.2 Å². The number of aromatic nitrogens is 4. The molecule has 0 unspecified atom stereocenters. The number of hydrogen-bond donors (Lipinski definition) is 2. The number of nitrogens with one attached hydrogen (secondary N) is 1. The highest BCUT2D eigenvalue weighted by Crippen LogP contribution is 2.31. The Morgan fingerprint density at radius 1 is 1.38 bits per heavy atom. The number of nitrogen functional groups attached to an aromatic ring is 1. The molecule has 2 aromatic heterocycles. The number of nitrogens with two attached hydrogens (primary N) is 1. The van der Waals surface area contributed by atoms with Gasteiger partial charge in [0.2, 0.25) is 0 Å². The summed E-state index contributed by atoms with van der Waals surface area (Å²) in [5.74, 6) is 0.849. The normalized spacial score (nSPS) is 14.2. The van der Waals surface area contributed by atoms with Gasteiger partial charge >= 0.3 is 0 Å². The van der Waals surface area contributed by atoms with Crippen LogP contribution in [0.4, 0.5) is 11.5 Å². The minimum atomic E-state index is -0.396. The molecule has 24 heavy (non-hydrogen) atoms. The molecule has 0 radical (unpaired) electrons. The van der Waals surface area contributed by atoms with Gasteiger partial charge in [0.15, 0.2) is 5.82 Å². The molecule has 3 N–H and O–H groups in total. The zero-order chi connectivity index (χ0) is 16.8. The number of benzene rings is 1. The van der Waals surface area contributed by atoms with Crippen LogP contribution in [0.2, 0.25) is 5.02 Å². The molecule has 124 valence electrons. The van der Waals surface area contributed by atoms with Crippen molar-refractivity contribution < 1.29 is 0 Å². The lowest BCUT2D eigenvalue weighted by Crippen LogP contribution is -2.25. The maximum absolute atomic E-state index is 12.6. The van der Waals surface area contributed by atoms with Crippen LogP contribution in [-0.4, -0.2) is 26.1 Å². The molecule has 1 aliphatic rings. The lowest BCUT2D eigenvalue weighted by molar-refractivity contribution is 0.780. The van der Waals surface area contributed by atoms with Gasteiger partial charge in [0.1, 0.15) is 10.7 Å². The van der Waals surface area contributed by atoms with E-state index in [9.17, 15) is 4.79 Å². The molecule has 8 heteroatoms. The lowest BCUT2D eigenvalue weighted by Gasteiger charge is -2.13. The van der Waals surface area contributed by atoms with Gasteiger partial charge in [0.05, 0.1) is 11.2 Å². The fraction of sp³-hybridized carbons (Fsp3) is 0.312. The monoisotopic (exact) mass is 344 g/mol. The third-order valence-corrected chi connectivity index (χ3v) is 4.53. The van der Waals surface area contributed by atoms with Crippen LogP contribution >= 0.6 is 11.6 Å². The van der Waals surface area contributed by atoms with Crippen LogP contribution < -0.4 is 16.6 Å². The molecule has 1 fully saturated rings. The lowest BCUT2D eigenvalue weighted by atomic mass is 10.2. The van der Waals surface area contributed by atoms with Crippen molar-refractivity contribution in [3.8, 4) is 5.69 Å². The van der Waals surface area contributed by atoms with Crippen LogP contribution in [0.1, 0.15) is 12.8 Å². The first-order valence-corrected chi connectivity index (χ1v) is 8.16. The predicted molar refractivity (Wildman–Crippen MR) is 94.7 cm³/mol. The average molecular weight is 345 g/mol. The fourth-order valence-electron chi connectivity index (χ4n) is 2.70. The van der Waals surface area contributed by atoms with Gasteiger partial charge in [-0.25, -0.2) is 0 Å². The van der Waals surface area contributed by atoms with Gasteiger partial charge in [-0.15, -0.1) is 5.10 Å². The summed E-state index contributed by atoms with van der Waals surface area (Å²) in [7, 11) is 1.85. The Morgan fingerprint density at radius 3 is 2.92 bits per heavy atom. The summed E-state index contributed by atoms with van der Waals surface area (Å²) >= 11 is 6.25. The molecule has 7 nitrogen and oxygen atoms in total. The molecular formula is C16H17ClN6O. The first-order chi connectivity index (χ1) is 11.5. The Morgan fingerprint density at radius 2 is 2.17 bits per heavy atom. The molecule has 0 spiro atoms. The van der Waals surface area contributed by atoms with Crippen molar-refractivity contribution in [1.29, 1.82) is 0 Å². The molecule has 0 bridgehead atoms. The molecule has 1 aliphatic carbocycles. The van der Waals surface area contributed by atoms with Crippen molar-refractivity contribution in [2.45, 2.75) is 12.8 Å². The molecule has 0 saturated heterocycles. The highest BCUT2D eigenvalue weighted by Gasteiger charge is 2.23. The van der Waals surface area contributed by atoms with Gasteiger partial charge in [-0.05, 0) is 37.0 Å². The van der Waals surface area contributed by atoms with Crippen molar-refractivity contribution in [2.75, 3.05) is 17.6 Å². The second kappa shape index (κ2) is 5.52. The number of fused-ring (bicyclic) bond motifs is 1. The summed E-state index contributed by atoms with van der Waals surface area (Å²) < 4.78 is 2.95. The van der Waals surface area contributed by atoms with E-state index in [1.165, 1.54) is 17.5 Å². The zero-order valence-electron chi connectivity index (χ0n) is 13.2. The number of anilines is 2. The van der Waals surface area contributed by atoms with Crippen molar-refractivity contribution >= 4 is 34.0 Å². The van der Waals surface area contributed by atoms with E-state index in [1.54, 1.807) is 10.7 Å². The van der Waals surface area contributed by atoms with E-state index in [2.05, 4.69) is 15.5 Å². The average Bonchev–Trinajstić information content (AvgIpc) is 3.30. The van der Waals surface area contributed by atoms with Crippen LogP contribution in [0.5, 0.6) is 0 Å². The van der Waals surface area contributed by atoms with Crippen LogP contribution in [0, 0.1) is 5.92 Å². The van der Waals surface area contributed by atoms with E-state index >= 15 is 0 Å². The molecule has 3 aromatic rings. The van der Waals surface area contributed by atoms with Crippen LogP contribution in [0.15, 0.2) is 29.2 Å². The topological polar surface area (TPSA) is 90.8 Å². The van der Waals surface area contributed by atoms with E-state index in [1.807, 2.05) is 25.4 Å². The zero-order valence-corrected chi connectivity index (χ0v) is 13.9. The summed E-state index contributed by atoms with van der Waals surface area (Å²) in [6.07, 6.45) is 4.26. The molecule has 0 aliphatic heterocycles. The largest absolute Gasteiger partial charge is 0.380 e. The molecule has 2 heterocycles. The highest BCUT2D eigenvalue weighted by molar-refractivity contribution is 6.33. The minimum Gasteiger partial charge on any atom is -0.380 e. The first kappa shape index (κ1) is 15.0. The van der Waals surface area contributed by atoms with E-state index in [-0.39, 0.29) is 10.8 Å². The number of nitrogens with zero attached hydrogens (tertiary/aromatic N) is 4. The summed E-state index contributed by atoms with van der Waals surface area (Å²) in [6.45, 7) is 0.761. The third kappa shape index (κ3) is 2.60. The molecule has 1 saturated carbocycles. The van der Waals surface area contributed by atoms with Gasteiger partial charge in [0.25, 0.3) is 5.56 Å². The van der Waals surface area contributed by atoms with Crippen LogP contribution in [0.25, 0.3) is 16.6 Å². The predicted octanol–water partition coefficient (Wildman–Crippen LogP) is 2.18. The molecule has 4 rings (SSSR count). The molecule has 0 amide bonds. The van der Waals surface area contributed by atoms with Gasteiger partial charge in [-0.1, -0.05) is 11.6 Å². The van der Waals surface area contributed by atoms with Crippen molar-refractivity contribution in [3.05, 3.63) is 39.8 Å². The van der Waals surface area contributed by atoms with E-state index in [0.717, 1.165) is 17.4 Å². The van der Waals surface area contributed by atoms with Crippen LogP contribution in [-0.2, 0) is 7.05 Å². The van der Waals surface area contributed by atoms with Crippen molar-refractivity contribution in [3.63, 3.8) is 0 Å². The molecule has 0 atom stereocenters. The smallest absolute Gasteiger partial charge is 0.292 e. The Labute approximate surface area is 143 Å². The Balaban J connectivity index is 1.77. The summed E-state index contributed by atoms with van der Waals surface area (Å²) in [6, 6.07) is 5.45. The minimum absolute atomic E-state index is 0.0643. The summed E-state index contributed by atoms with van der Waals surface area (Å²) in [5.41, 5.74) is 7.49. The maximum Gasteiger partial charge on any atom is 0.292 e. The van der Waals surface area contributed by atoms with E-state index in [4.69, 9.17) is 17.3 Å². The number of aryl methyl sites for hydroxylation is 1. The third-order valence-electron chi connectivity index (χ3n) is 4.18. The number of hydrogen-bond acceptors (Lipinski definition) is 5. The molecule has 1 aromatic carbocycles. The van der Waals surface area contributed by atoms with E-state index in [0.29, 0.717) is 17.3 Å². The van der Waals surface area contributed by atoms with Crippen LogP contribution in [0.3, 0.4) is 0 Å². The second-order valence-electron chi connectivity index (χ2n) is 6.16. The highest BCUT2D eigenvalue weighted by atomic mass is 35.5. The summed E-state index contributed by atoms with van der Waals surface area (Å²) in [5, 5.41) is 12.7. The summed E-state index contributed by atoms with van der Waals surface area (Å²) in [4.78, 5) is 12.6. The number of rotatable bonds is 4. The molecular weight excluding hydrogens is 328 g/mol. The van der Waals surface area contributed by atoms with Gasteiger partial charge < -0.3 is 11.1 Å². The van der Waals surface area contributed by atoms with Crippen molar-refractivity contribution in [2.24, 2.45) is 13.0 Å². The Bertz CT molecular complexity index is 988. The van der Waals surface area contributed by atoms with E-state index < -0.39 is 5.56 Å². The standard InChI is InChI=1S/C16H17ClN6O/c1-22-8-10-6-11(4-5-12(10)20-22)23-16(24)13(17)14(15(18)21-23)19-7-9-2-3-9/h4-6,8-9,19H,2-3,7H2,1H3,(H2,18,21). The van der Waals surface area contributed by atoms with Gasteiger partial charge in [-0.2, -0.15) is 9.78 Å². The number of halogens is 1. The van der Waals surface area contributed by atoms with Crippen molar-refractivity contribution in [1.82, 2.24) is 19.6 Å². The first-order valence-electron chi connectivity index (χ1n) is 7.79. The second-order valence-corrected chi connectivity index (χ2v) is 6.54. The fourth-order valence-corrected chi connectivity index (χ4v) is 2.94.